The third-order valence-corrected chi connectivity index (χ3v) is 5.97. The summed E-state index contributed by atoms with van der Waals surface area (Å²) in [6.07, 6.45) is -3.45. The van der Waals surface area contributed by atoms with Crippen molar-refractivity contribution in [1.82, 2.24) is 4.98 Å². The molecule has 1 heterocycles. The fourth-order valence-corrected chi connectivity index (χ4v) is 4.12. The van der Waals surface area contributed by atoms with Gasteiger partial charge in [0.1, 0.15) is 39.7 Å². The molecule has 0 saturated carbocycles. The fourth-order valence-electron chi connectivity index (χ4n) is 3.04. The van der Waals surface area contributed by atoms with Gasteiger partial charge in [0.05, 0.1) is 20.8 Å². The van der Waals surface area contributed by atoms with E-state index < -0.39 is 28.7 Å². The van der Waals surface area contributed by atoms with Crippen LogP contribution in [0.15, 0.2) is 54.7 Å². The second-order valence-corrected chi connectivity index (χ2v) is 8.25. The van der Waals surface area contributed by atoms with E-state index in [1.807, 2.05) is 0 Å². The molecule has 6 nitrogen and oxygen atoms in total. The van der Waals surface area contributed by atoms with Crippen LogP contribution < -0.4 is 13.8 Å². The molecule has 11 heteroatoms. The summed E-state index contributed by atoms with van der Waals surface area (Å²) in [5.41, 5.74) is 0.638. The van der Waals surface area contributed by atoms with Crippen molar-refractivity contribution in [2.45, 2.75) is 12.7 Å². The van der Waals surface area contributed by atoms with Crippen molar-refractivity contribution < 1.29 is 36.4 Å². The number of hydrogen-bond acceptors (Lipinski definition) is 5. The number of methoxy groups -OCH3 is 2. The molecule has 0 aliphatic heterocycles. The van der Waals surface area contributed by atoms with Crippen molar-refractivity contribution in [2.24, 2.45) is 0 Å². The van der Waals surface area contributed by atoms with Crippen LogP contribution in [0.25, 0.3) is 11.1 Å². The monoisotopic (exact) mass is 484 g/mol. The van der Waals surface area contributed by atoms with Gasteiger partial charge in [0.2, 0.25) is 5.88 Å². The van der Waals surface area contributed by atoms with Gasteiger partial charge in [-0.15, -0.1) is 0 Å². The lowest BCUT2D eigenvalue weighted by Crippen LogP contribution is -2.33. The van der Waals surface area contributed by atoms with Gasteiger partial charge in [0.15, 0.2) is 0 Å². The SMILES string of the molecule is COc1ccc(CN(c2cc(-c3cc(O)ccc3F)cnc2OC)S(=O)CC(F)(F)F)cc1. The van der Waals surface area contributed by atoms with Gasteiger partial charge in [0.25, 0.3) is 0 Å². The van der Waals surface area contributed by atoms with Gasteiger partial charge in [0, 0.05) is 17.3 Å². The molecule has 3 aromatic rings. The summed E-state index contributed by atoms with van der Waals surface area (Å²) in [5, 5.41) is 9.73. The standard InChI is InChI=1S/C22H20F4N2O4S/c1-31-17-6-3-14(4-7-17)12-28(33(30)13-22(24,25)26)20-9-15(11-27-21(20)32-2)18-10-16(29)5-8-19(18)23/h3-11,29H,12-13H2,1-2H3. The Labute approximate surface area is 190 Å². The van der Waals surface area contributed by atoms with Crippen molar-refractivity contribution in [3.8, 4) is 28.5 Å². The molecule has 1 aromatic heterocycles. The molecule has 0 aliphatic rings. The Morgan fingerprint density at radius 3 is 2.36 bits per heavy atom. The Morgan fingerprint density at radius 2 is 1.76 bits per heavy atom. The zero-order chi connectivity index (χ0) is 24.2. The molecule has 0 radical (unpaired) electrons. The molecule has 33 heavy (non-hydrogen) atoms. The van der Waals surface area contributed by atoms with Crippen LogP contribution in [0.3, 0.4) is 0 Å². The average molecular weight is 484 g/mol. The van der Waals surface area contributed by atoms with Crippen molar-refractivity contribution in [3.05, 3.63) is 66.1 Å². The van der Waals surface area contributed by atoms with Crippen molar-refractivity contribution in [2.75, 3.05) is 24.3 Å². The topological polar surface area (TPSA) is 71.9 Å². The summed E-state index contributed by atoms with van der Waals surface area (Å²) >= 11 is 0. The molecule has 176 valence electrons. The largest absolute Gasteiger partial charge is 0.508 e. The number of phenolic OH excluding ortho intramolecular Hbond substituents is 1. The number of nitrogens with zero attached hydrogens (tertiary/aromatic N) is 2. The maximum atomic E-state index is 14.4. The number of halogens is 4. The highest BCUT2D eigenvalue weighted by molar-refractivity contribution is 7.86. The number of rotatable bonds is 8. The minimum atomic E-state index is -4.70. The first-order chi connectivity index (χ1) is 15.6. The molecular weight excluding hydrogens is 464 g/mol. The number of hydrogen-bond donors (Lipinski definition) is 1. The number of anilines is 1. The van der Waals surface area contributed by atoms with Crippen LogP contribution in [0, 0.1) is 5.82 Å². The van der Waals surface area contributed by atoms with Gasteiger partial charge in [-0.2, -0.15) is 13.2 Å². The van der Waals surface area contributed by atoms with E-state index in [1.165, 1.54) is 26.5 Å². The Hall–Kier alpha value is -3.34. The molecule has 0 fully saturated rings. The second-order valence-electron chi connectivity index (χ2n) is 6.88. The Balaban J connectivity index is 2.10. The zero-order valence-corrected chi connectivity index (χ0v) is 18.4. The molecule has 0 bridgehead atoms. The smallest absolute Gasteiger partial charge is 0.402 e. The minimum absolute atomic E-state index is 0.0302. The van der Waals surface area contributed by atoms with Crippen LogP contribution in [0.4, 0.5) is 23.2 Å². The number of aromatic hydroxyl groups is 1. The van der Waals surface area contributed by atoms with Crippen molar-refractivity contribution in [1.29, 1.82) is 0 Å². The molecule has 0 aliphatic carbocycles. The average Bonchev–Trinajstić information content (AvgIpc) is 2.78. The first-order valence-corrected chi connectivity index (χ1v) is 10.8. The van der Waals surface area contributed by atoms with E-state index in [-0.39, 0.29) is 35.0 Å². The predicted molar refractivity (Wildman–Crippen MR) is 116 cm³/mol. The lowest BCUT2D eigenvalue weighted by Gasteiger charge is -2.26. The summed E-state index contributed by atoms with van der Waals surface area (Å²) in [7, 11) is 0.179. The summed E-state index contributed by atoms with van der Waals surface area (Å²) in [4.78, 5) is 4.07. The van der Waals surface area contributed by atoms with E-state index in [1.54, 1.807) is 24.3 Å². The molecule has 1 unspecified atom stereocenters. The maximum Gasteiger partial charge on any atom is 0.402 e. The second kappa shape index (κ2) is 10.1. The predicted octanol–water partition coefficient (Wildman–Crippen LogP) is 4.84. The normalized spacial score (nSPS) is 12.3. The van der Waals surface area contributed by atoms with Crippen molar-refractivity contribution in [3.63, 3.8) is 0 Å². The maximum absolute atomic E-state index is 14.4. The minimum Gasteiger partial charge on any atom is -0.508 e. The fraction of sp³-hybridized carbons (Fsp3) is 0.227. The van der Waals surface area contributed by atoms with E-state index in [9.17, 15) is 26.9 Å². The molecule has 1 N–H and O–H groups in total. The molecule has 3 rings (SSSR count). The van der Waals surface area contributed by atoms with Gasteiger partial charge in [-0.3, -0.25) is 4.31 Å². The van der Waals surface area contributed by atoms with Crippen LogP contribution >= 0.6 is 0 Å². The quantitative estimate of drug-likeness (QED) is 0.463. The van der Waals surface area contributed by atoms with Gasteiger partial charge in [-0.05, 0) is 42.0 Å². The van der Waals surface area contributed by atoms with Gasteiger partial charge >= 0.3 is 6.18 Å². The van der Waals surface area contributed by atoms with E-state index in [0.717, 1.165) is 22.5 Å². The lowest BCUT2D eigenvalue weighted by molar-refractivity contribution is -0.105. The van der Waals surface area contributed by atoms with E-state index in [0.29, 0.717) is 11.3 Å². The van der Waals surface area contributed by atoms with Gasteiger partial charge in [-0.25, -0.2) is 13.6 Å². The Kier molecular flexibility index (Phi) is 7.42. The number of alkyl halides is 3. The summed E-state index contributed by atoms with van der Waals surface area (Å²) in [6.45, 7) is -0.184. The zero-order valence-electron chi connectivity index (χ0n) is 17.6. The number of aromatic nitrogens is 1. The third-order valence-electron chi connectivity index (χ3n) is 4.57. The van der Waals surface area contributed by atoms with Gasteiger partial charge < -0.3 is 14.6 Å². The molecule has 2 aromatic carbocycles. The first kappa shape index (κ1) is 24.3. The first-order valence-electron chi connectivity index (χ1n) is 9.50. The van der Waals surface area contributed by atoms with E-state index in [2.05, 4.69) is 4.98 Å². The highest BCUT2D eigenvalue weighted by atomic mass is 32.2. The van der Waals surface area contributed by atoms with Gasteiger partial charge in [-0.1, -0.05) is 12.1 Å². The molecule has 0 amide bonds. The van der Waals surface area contributed by atoms with E-state index >= 15 is 0 Å². The number of benzene rings is 2. The van der Waals surface area contributed by atoms with Crippen LogP contribution in [-0.4, -0.2) is 40.4 Å². The lowest BCUT2D eigenvalue weighted by atomic mass is 10.1. The number of ether oxygens (including phenoxy) is 2. The summed E-state index contributed by atoms with van der Waals surface area (Å²) < 4.78 is 77.7. The third kappa shape index (κ3) is 6.13. The summed E-state index contributed by atoms with van der Waals surface area (Å²) in [6, 6.07) is 11.2. The van der Waals surface area contributed by atoms with Crippen molar-refractivity contribution >= 4 is 16.7 Å². The molecule has 0 saturated heterocycles. The molecule has 0 spiro atoms. The highest BCUT2D eigenvalue weighted by Gasteiger charge is 2.34. The number of pyridine rings is 1. The van der Waals surface area contributed by atoms with Crippen LogP contribution in [-0.2, 0) is 17.5 Å². The summed E-state index contributed by atoms with van der Waals surface area (Å²) in [5.74, 6) is -2.04. The highest BCUT2D eigenvalue weighted by Crippen LogP contribution is 2.36. The molecular formula is C22H20F4N2O4S. The van der Waals surface area contributed by atoms with Crippen LogP contribution in [0.2, 0.25) is 0 Å². The number of phenols is 1. The van der Waals surface area contributed by atoms with Crippen LogP contribution in [0.1, 0.15) is 5.56 Å². The Bertz CT molecular complexity index is 1140. The van der Waals surface area contributed by atoms with E-state index in [4.69, 9.17) is 9.47 Å². The Morgan fingerprint density at radius 1 is 1.06 bits per heavy atom. The van der Waals surface area contributed by atoms with Crippen LogP contribution in [0.5, 0.6) is 17.4 Å². The molecule has 1 atom stereocenters.